The van der Waals surface area contributed by atoms with E-state index in [1.165, 1.54) is 23.5 Å². The average molecular weight is 455 g/mol. The first kappa shape index (κ1) is 21.2. The van der Waals surface area contributed by atoms with Crippen LogP contribution in [0, 0.1) is 6.92 Å². The lowest BCUT2D eigenvalue weighted by Gasteiger charge is -2.11. The third kappa shape index (κ3) is 4.83. The van der Waals surface area contributed by atoms with Crippen molar-refractivity contribution in [1.82, 2.24) is 9.88 Å². The third-order valence-corrected chi connectivity index (χ3v) is 7.22. The molecule has 0 bridgehead atoms. The fourth-order valence-corrected chi connectivity index (χ4v) is 5.11. The highest BCUT2D eigenvalue weighted by atomic mass is 32.2. The number of aryl methyl sites for hydroxylation is 1. The van der Waals surface area contributed by atoms with Crippen LogP contribution in [0.3, 0.4) is 0 Å². The van der Waals surface area contributed by atoms with Gasteiger partial charge in [0.05, 0.1) is 4.90 Å². The standard InChI is InChI=1S/C22H22N4O3S2/c1-15-5-7-16(8-6-15)22-24-19(14-30-22)21(27)23-17-9-11-18(12-10-17)31(28,29)25-20-4-3-13-26(20)2/h5-12,14H,3-4,13H2,1-2H3,(H,23,27). The molecule has 1 N–H and O–H groups in total. The SMILES string of the molecule is Cc1ccc(-c2nc(C(=O)Nc3ccc(S(=O)(=O)N=C4CCCN4C)cc3)cs2)cc1. The van der Waals surface area contributed by atoms with E-state index < -0.39 is 10.0 Å². The van der Waals surface area contributed by atoms with Gasteiger partial charge in [-0.2, -0.15) is 8.42 Å². The monoisotopic (exact) mass is 454 g/mol. The number of aromatic nitrogens is 1. The minimum atomic E-state index is -3.78. The van der Waals surface area contributed by atoms with Gasteiger partial charge in [0, 0.05) is 36.6 Å². The van der Waals surface area contributed by atoms with Gasteiger partial charge in [0.25, 0.3) is 15.9 Å². The third-order valence-electron chi connectivity index (χ3n) is 5.01. The number of nitrogens with zero attached hydrogens (tertiary/aromatic N) is 3. The first-order chi connectivity index (χ1) is 14.8. The number of sulfonamides is 1. The van der Waals surface area contributed by atoms with Gasteiger partial charge in [-0.1, -0.05) is 29.8 Å². The van der Waals surface area contributed by atoms with E-state index in [-0.39, 0.29) is 10.8 Å². The summed E-state index contributed by atoms with van der Waals surface area (Å²) in [5.41, 5.74) is 2.91. The summed E-state index contributed by atoms with van der Waals surface area (Å²) in [4.78, 5) is 18.9. The van der Waals surface area contributed by atoms with Crippen molar-refractivity contribution < 1.29 is 13.2 Å². The van der Waals surface area contributed by atoms with Crippen LogP contribution in [0.2, 0.25) is 0 Å². The number of rotatable bonds is 5. The molecule has 0 radical (unpaired) electrons. The van der Waals surface area contributed by atoms with Crippen LogP contribution in [0.1, 0.15) is 28.9 Å². The fraction of sp³-hybridized carbons (Fsp3) is 0.227. The van der Waals surface area contributed by atoms with Crippen LogP contribution in [0.25, 0.3) is 10.6 Å². The van der Waals surface area contributed by atoms with Gasteiger partial charge in [0.2, 0.25) is 0 Å². The van der Waals surface area contributed by atoms with Crippen molar-refractivity contribution in [3.8, 4) is 10.6 Å². The van der Waals surface area contributed by atoms with Crippen LogP contribution in [0.4, 0.5) is 5.69 Å². The Morgan fingerprint density at radius 1 is 1.13 bits per heavy atom. The van der Waals surface area contributed by atoms with Crippen LogP contribution in [-0.4, -0.2) is 43.6 Å². The van der Waals surface area contributed by atoms with E-state index in [9.17, 15) is 13.2 Å². The minimum absolute atomic E-state index is 0.0913. The van der Waals surface area contributed by atoms with E-state index in [1.54, 1.807) is 17.5 Å². The maximum atomic E-state index is 12.5. The zero-order valence-corrected chi connectivity index (χ0v) is 18.8. The summed E-state index contributed by atoms with van der Waals surface area (Å²) >= 11 is 1.40. The number of amides is 1. The van der Waals surface area contributed by atoms with E-state index in [1.807, 2.05) is 43.1 Å². The molecule has 1 fully saturated rings. The van der Waals surface area contributed by atoms with Crippen LogP contribution < -0.4 is 5.32 Å². The van der Waals surface area contributed by atoms with Crippen molar-refractivity contribution in [3.63, 3.8) is 0 Å². The summed E-state index contributed by atoms with van der Waals surface area (Å²) in [7, 11) is -1.95. The van der Waals surface area contributed by atoms with Crippen molar-refractivity contribution in [3.05, 3.63) is 65.2 Å². The molecule has 0 saturated carbocycles. The molecule has 0 aliphatic carbocycles. The van der Waals surface area contributed by atoms with E-state index in [2.05, 4.69) is 14.7 Å². The Kier molecular flexibility index (Phi) is 5.88. The Bertz CT molecular complexity index is 1230. The summed E-state index contributed by atoms with van der Waals surface area (Å²) in [6.07, 6.45) is 1.56. The molecule has 0 spiro atoms. The number of likely N-dealkylation sites (tertiary alicyclic amines) is 1. The second-order valence-electron chi connectivity index (χ2n) is 7.39. The summed E-state index contributed by atoms with van der Waals surface area (Å²) in [6.45, 7) is 2.82. The van der Waals surface area contributed by atoms with E-state index in [4.69, 9.17) is 0 Å². The molecular weight excluding hydrogens is 432 g/mol. The maximum Gasteiger partial charge on any atom is 0.283 e. The van der Waals surface area contributed by atoms with Gasteiger partial charge >= 0.3 is 0 Å². The molecule has 1 aromatic heterocycles. The Morgan fingerprint density at radius 3 is 2.48 bits per heavy atom. The van der Waals surface area contributed by atoms with Crippen molar-refractivity contribution in [2.24, 2.45) is 4.40 Å². The smallest absolute Gasteiger partial charge is 0.283 e. The highest BCUT2D eigenvalue weighted by Gasteiger charge is 2.20. The molecule has 2 aromatic carbocycles. The molecule has 2 heterocycles. The van der Waals surface area contributed by atoms with Gasteiger partial charge in [-0.3, -0.25) is 4.79 Å². The normalized spacial score (nSPS) is 15.4. The Morgan fingerprint density at radius 2 is 1.84 bits per heavy atom. The largest absolute Gasteiger partial charge is 0.362 e. The van der Waals surface area contributed by atoms with Crippen molar-refractivity contribution in [2.45, 2.75) is 24.7 Å². The second kappa shape index (κ2) is 8.60. The number of carbonyl (C=O) groups is 1. The number of carbonyl (C=O) groups excluding carboxylic acids is 1. The molecule has 7 nitrogen and oxygen atoms in total. The van der Waals surface area contributed by atoms with Gasteiger partial charge in [0.1, 0.15) is 16.5 Å². The Labute approximate surface area is 185 Å². The van der Waals surface area contributed by atoms with Crippen LogP contribution in [-0.2, 0) is 10.0 Å². The molecule has 1 aliphatic rings. The van der Waals surface area contributed by atoms with Gasteiger partial charge in [-0.15, -0.1) is 15.7 Å². The molecule has 3 aromatic rings. The number of benzene rings is 2. The molecule has 1 amide bonds. The first-order valence-corrected chi connectivity index (χ1v) is 12.1. The quantitative estimate of drug-likeness (QED) is 0.624. The number of hydrogen-bond donors (Lipinski definition) is 1. The fourth-order valence-electron chi connectivity index (χ4n) is 3.21. The summed E-state index contributed by atoms with van der Waals surface area (Å²) in [5.74, 6) is 0.225. The molecule has 9 heteroatoms. The zero-order chi connectivity index (χ0) is 22.0. The molecule has 1 saturated heterocycles. The van der Waals surface area contributed by atoms with Gasteiger partial charge in [0.15, 0.2) is 0 Å². The number of nitrogens with one attached hydrogen (secondary N) is 1. The summed E-state index contributed by atoms with van der Waals surface area (Å²) in [6, 6.07) is 13.9. The molecule has 160 valence electrons. The van der Waals surface area contributed by atoms with Gasteiger partial charge in [-0.05, 0) is 37.6 Å². The maximum absolute atomic E-state index is 12.5. The predicted molar refractivity (Wildman–Crippen MR) is 123 cm³/mol. The van der Waals surface area contributed by atoms with Crippen molar-refractivity contribution >= 4 is 38.8 Å². The molecule has 0 atom stereocenters. The Hall–Kier alpha value is -3.04. The first-order valence-electron chi connectivity index (χ1n) is 9.81. The average Bonchev–Trinajstić information content (AvgIpc) is 3.39. The van der Waals surface area contributed by atoms with Crippen LogP contribution in [0.5, 0.6) is 0 Å². The van der Waals surface area contributed by atoms with Crippen LogP contribution in [0.15, 0.2) is 63.2 Å². The predicted octanol–water partition coefficient (Wildman–Crippen LogP) is 4.18. The lowest BCUT2D eigenvalue weighted by molar-refractivity contribution is 0.102. The number of thiazole rings is 1. The number of amidine groups is 1. The van der Waals surface area contributed by atoms with Crippen LogP contribution >= 0.6 is 11.3 Å². The second-order valence-corrected chi connectivity index (χ2v) is 9.85. The van der Waals surface area contributed by atoms with Gasteiger partial charge in [-0.25, -0.2) is 4.98 Å². The van der Waals surface area contributed by atoms with E-state index in [0.717, 1.165) is 29.1 Å². The van der Waals surface area contributed by atoms with E-state index >= 15 is 0 Å². The molecule has 0 unspecified atom stereocenters. The Balaban J connectivity index is 1.45. The minimum Gasteiger partial charge on any atom is -0.362 e. The van der Waals surface area contributed by atoms with E-state index in [0.29, 0.717) is 23.6 Å². The lowest BCUT2D eigenvalue weighted by atomic mass is 10.2. The topological polar surface area (TPSA) is 91.7 Å². The molecule has 4 rings (SSSR count). The number of hydrogen-bond acceptors (Lipinski definition) is 5. The molecular formula is C22H22N4O3S2. The van der Waals surface area contributed by atoms with Gasteiger partial charge < -0.3 is 10.2 Å². The zero-order valence-electron chi connectivity index (χ0n) is 17.2. The molecule has 1 aliphatic heterocycles. The van der Waals surface area contributed by atoms with Crippen molar-refractivity contribution in [1.29, 1.82) is 0 Å². The highest BCUT2D eigenvalue weighted by Crippen LogP contribution is 2.25. The summed E-state index contributed by atoms with van der Waals surface area (Å²) < 4.78 is 29.0. The summed E-state index contributed by atoms with van der Waals surface area (Å²) in [5, 5.41) is 5.23. The highest BCUT2D eigenvalue weighted by molar-refractivity contribution is 7.90. The van der Waals surface area contributed by atoms with Crippen molar-refractivity contribution in [2.75, 3.05) is 18.9 Å². The molecule has 31 heavy (non-hydrogen) atoms. The lowest BCUT2D eigenvalue weighted by Crippen LogP contribution is -2.20. The number of anilines is 1.